The normalized spacial score (nSPS) is 10.3. The van der Waals surface area contributed by atoms with Crippen LogP contribution >= 0.6 is 15.9 Å². The van der Waals surface area contributed by atoms with E-state index in [0.717, 1.165) is 10.0 Å². The minimum atomic E-state index is 0.973. The van der Waals surface area contributed by atoms with Crippen LogP contribution < -0.4 is 0 Å². The van der Waals surface area contributed by atoms with Crippen LogP contribution in [0.15, 0.2) is 35.1 Å². The Kier molecular flexibility index (Phi) is 2.82. The molecule has 1 aromatic carbocycles. The van der Waals surface area contributed by atoms with E-state index in [2.05, 4.69) is 58.2 Å². The maximum absolute atomic E-state index is 3.89. The molecule has 0 aliphatic rings. The average Bonchev–Trinajstić information content (AvgIpc) is 2.23. The first-order chi connectivity index (χ1) is 7.18. The second-order valence-corrected chi connectivity index (χ2v) is 4.40. The molecule has 3 heteroatoms. The van der Waals surface area contributed by atoms with Gasteiger partial charge in [0.1, 0.15) is 0 Å². The van der Waals surface area contributed by atoms with Gasteiger partial charge in [-0.25, -0.2) is 0 Å². The highest BCUT2D eigenvalue weighted by atomic mass is 79.9. The van der Waals surface area contributed by atoms with Crippen molar-refractivity contribution in [3.05, 3.63) is 46.2 Å². The first-order valence-electron chi connectivity index (χ1n) is 4.72. The monoisotopic (exact) mass is 262 g/mol. The highest BCUT2D eigenvalue weighted by Crippen LogP contribution is 2.27. The standard InChI is InChI=1S/C12H11BrN2/c1-8-3-4-10(5-9(8)2)11-6-14-15-7-12(11)13/h3-7H,1-2H3. The van der Waals surface area contributed by atoms with Crippen molar-refractivity contribution in [1.82, 2.24) is 10.2 Å². The van der Waals surface area contributed by atoms with Crippen LogP contribution in [0.25, 0.3) is 11.1 Å². The van der Waals surface area contributed by atoms with Crippen LogP contribution in [0.1, 0.15) is 11.1 Å². The van der Waals surface area contributed by atoms with Crippen molar-refractivity contribution in [3.8, 4) is 11.1 Å². The predicted octanol–water partition coefficient (Wildman–Crippen LogP) is 3.52. The molecule has 0 unspecified atom stereocenters. The minimum Gasteiger partial charge on any atom is -0.158 e. The molecule has 0 bridgehead atoms. The molecular weight excluding hydrogens is 252 g/mol. The average molecular weight is 263 g/mol. The highest BCUT2D eigenvalue weighted by molar-refractivity contribution is 9.10. The van der Waals surface area contributed by atoms with Gasteiger partial charge in [-0.2, -0.15) is 10.2 Å². The summed E-state index contributed by atoms with van der Waals surface area (Å²) in [6.07, 6.45) is 3.48. The molecular formula is C12H11BrN2. The SMILES string of the molecule is Cc1ccc(-c2cnncc2Br)cc1C. The summed E-state index contributed by atoms with van der Waals surface area (Å²) in [6.45, 7) is 4.22. The van der Waals surface area contributed by atoms with Crippen molar-refractivity contribution < 1.29 is 0 Å². The van der Waals surface area contributed by atoms with E-state index in [0.29, 0.717) is 0 Å². The number of hydrogen-bond acceptors (Lipinski definition) is 2. The third-order valence-corrected chi connectivity index (χ3v) is 3.13. The lowest BCUT2D eigenvalue weighted by Crippen LogP contribution is -1.87. The van der Waals surface area contributed by atoms with Gasteiger partial charge in [0.15, 0.2) is 0 Å². The van der Waals surface area contributed by atoms with Crippen molar-refractivity contribution in [1.29, 1.82) is 0 Å². The zero-order valence-electron chi connectivity index (χ0n) is 8.66. The second-order valence-electron chi connectivity index (χ2n) is 3.55. The van der Waals surface area contributed by atoms with E-state index in [4.69, 9.17) is 0 Å². The summed E-state index contributed by atoms with van der Waals surface area (Å²) in [7, 11) is 0. The number of aryl methyl sites for hydroxylation is 2. The molecule has 2 nitrogen and oxygen atoms in total. The van der Waals surface area contributed by atoms with Crippen LogP contribution in [0.5, 0.6) is 0 Å². The number of rotatable bonds is 1. The van der Waals surface area contributed by atoms with Gasteiger partial charge >= 0.3 is 0 Å². The minimum absolute atomic E-state index is 0.973. The molecule has 2 rings (SSSR count). The van der Waals surface area contributed by atoms with Crippen LogP contribution in [0.2, 0.25) is 0 Å². The number of halogens is 1. The quantitative estimate of drug-likeness (QED) is 0.786. The molecule has 76 valence electrons. The Morgan fingerprint density at radius 1 is 1.00 bits per heavy atom. The van der Waals surface area contributed by atoms with Gasteiger partial charge in [0.2, 0.25) is 0 Å². The molecule has 2 aromatic rings. The summed E-state index contributed by atoms with van der Waals surface area (Å²) < 4.78 is 0.973. The molecule has 0 saturated heterocycles. The summed E-state index contributed by atoms with van der Waals surface area (Å²) >= 11 is 3.47. The Morgan fingerprint density at radius 2 is 1.73 bits per heavy atom. The first kappa shape index (κ1) is 10.3. The fourth-order valence-electron chi connectivity index (χ4n) is 1.43. The van der Waals surface area contributed by atoms with Crippen molar-refractivity contribution in [2.75, 3.05) is 0 Å². The topological polar surface area (TPSA) is 25.8 Å². The first-order valence-corrected chi connectivity index (χ1v) is 5.51. The summed E-state index contributed by atoms with van der Waals surface area (Å²) in [4.78, 5) is 0. The van der Waals surface area contributed by atoms with Gasteiger partial charge in [0.25, 0.3) is 0 Å². The van der Waals surface area contributed by atoms with Gasteiger partial charge in [-0.15, -0.1) is 0 Å². The van der Waals surface area contributed by atoms with Crippen LogP contribution in [-0.4, -0.2) is 10.2 Å². The number of hydrogen-bond donors (Lipinski definition) is 0. The lowest BCUT2D eigenvalue weighted by Gasteiger charge is -2.06. The Bertz CT molecular complexity index is 495. The fourth-order valence-corrected chi connectivity index (χ4v) is 1.85. The van der Waals surface area contributed by atoms with E-state index in [9.17, 15) is 0 Å². The predicted molar refractivity (Wildman–Crippen MR) is 64.6 cm³/mol. The van der Waals surface area contributed by atoms with Crippen LogP contribution in [-0.2, 0) is 0 Å². The molecule has 0 aliphatic heterocycles. The Labute approximate surface area is 97.5 Å². The molecule has 0 amide bonds. The van der Waals surface area contributed by atoms with E-state index < -0.39 is 0 Å². The number of benzene rings is 1. The third-order valence-electron chi connectivity index (χ3n) is 2.50. The molecule has 0 N–H and O–H groups in total. The van der Waals surface area contributed by atoms with Gasteiger partial charge in [-0.1, -0.05) is 18.2 Å². The molecule has 0 saturated carbocycles. The van der Waals surface area contributed by atoms with Crippen molar-refractivity contribution in [2.24, 2.45) is 0 Å². The number of nitrogens with zero attached hydrogens (tertiary/aromatic N) is 2. The maximum atomic E-state index is 3.89. The fraction of sp³-hybridized carbons (Fsp3) is 0.167. The molecule has 0 fully saturated rings. The van der Waals surface area contributed by atoms with Crippen LogP contribution in [0.4, 0.5) is 0 Å². The molecule has 0 atom stereocenters. The largest absolute Gasteiger partial charge is 0.158 e. The van der Waals surface area contributed by atoms with Crippen molar-refractivity contribution >= 4 is 15.9 Å². The van der Waals surface area contributed by atoms with E-state index in [1.807, 2.05) is 0 Å². The van der Waals surface area contributed by atoms with E-state index in [1.54, 1.807) is 12.4 Å². The Morgan fingerprint density at radius 3 is 2.40 bits per heavy atom. The van der Waals surface area contributed by atoms with Gasteiger partial charge in [0.05, 0.1) is 12.4 Å². The number of aromatic nitrogens is 2. The van der Waals surface area contributed by atoms with Crippen molar-refractivity contribution in [3.63, 3.8) is 0 Å². The van der Waals surface area contributed by atoms with Gasteiger partial charge in [-0.3, -0.25) is 0 Å². The molecule has 0 aliphatic carbocycles. The van der Waals surface area contributed by atoms with E-state index in [-0.39, 0.29) is 0 Å². The zero-order valence-corrected chi connectivity index (χ0v) is 10.2. The summed E-state index contributed by atoms with van der Waals surface area (Å²) in [5.74, 6) is 0. The summed E-state index contributed by atoms with van der Waals surface area (Å²) in [5.41, 5.74) is 4.83. The molecule has 1 heterocycles. The molecule has 0 radical (unpaired) electrons. The lowest BCUT2D eigenvalue weighted by molar-refractivity contribution is 1.03. The smallest absolute Gasteiger partial charge is 0.0644 e. The molecule has 0 spiro atoms. The molecule has 1 aromatic heterocycles. The summed E-state index contributed by atoms with van der Waals surface area (Å²) in [6, 6.07) is 6.39. The lowest BCUT2D eigenvalue weighted by atomic mass is 10.0. The van der Waals surface area contributed by atoms with Gasteiger partial charge < -0.3 is 0 Å². The highest BCUT2D eigenvalue weighted by Gasteiger charge is 2.04. The van der Waals surface area contributed by atoms with E-state index in [1.165, 1.54) is 16.7 Å². The second kappa shape index (κ2) is 4.11. The Balaban J connectivity index is 2.55. The maximum Gasteiger partial charge on any atom is 0.0644 e. The van der Waals surface area contributed by atoms with Gasteiger partial charge in [-0.05, 0) is 46.5 Å². The summed E-state index contributed by atoms with van der Waals surface area (Å²) in [5, 5.41) is 7.71. The van der Waals surface area contributed by atoms with Crippen molar-refractivity contribution in [2.45, 2.75) is 13.8 Å². The zero-order chi connectivity index (χ0) is 10.8. The molecule has 15 heavy (non-hydrogen) atoms. The van der Waals surface area contributed by atoms with Crippen LogP contribution in [0, 0.1) is 13.8 Å². The van der Waals surface area contributed by atoms with Gasteiger partial charge in [0, 0.05) is 10.0 Å². The van der Waals surface area contributed by atoms with E-state index >= 15 is 0 Å². The third kappa shape index (κ3) is 2.07. The van der Waals surface area contributed by atoms with Crippen LogP contribution in [0.3, 0.4) is 0 Å². The Hall–Kier alpha value is -1.22.